The Bertz CT molecular complexity index is 375. The third-order valence-electron chi connectivity index (χ3n) is 2.02. The van der Waals surface area contributed by atoms with Crippen LogP contribution in [0.5, 0.6) is 0 Å². The van der Waals surface area contributed by atoms with Crippen molar-refractivity contribution in [3.8, 4) is 0 Å². The predicted molar refractivity (Wildman–Crippen MR) is 68.2 cm³/mol. The van der Waals surface area contributed by atoms with Gasteiger partial charge in [-0.1, -0.05) is 30.3 Å². The summed E-state index contributed by atoms with van der Waals surface area (Å²) in [6.45, 7) is 0. The molecule has 1 aromatic rings. The highest BCUT2D eigenvalue weighted by molar-refractivity contribution is 7.37. The average Bonchev–Trinajstić information content (AvgIpc) is 2.27. The first-order valence-corrected chi connectivity index (χ1v) is 6.20. The van der Waals surface area contributed by atoms with E-state index in [1.807, 2.05) is 30.3 Å². The first-order valence-electron chi connectivity index (χ1n) is 4.80. The van der Waals surface area contributed by atoms with Crippen molar-refractivity contribution in [3.63, 3.8) is 0 Å². The predicted octanol–water partition coefficient (Wildman–Crippen LogP) is 0.787. The zero-order chi connectivity index (χ0) is 12.0. The van der Waals surface area contributed by atoms with Gasteiger partial charge in [-0.05, 0) is 16.5 Å². The molecule has 1 unspecified atom stereocenters. The molecule has 0 fully saturated rings. The number of carbonyl (C=O) groups is 1. The first-order chi connectivity index (χ1) is 7.59. The van der Waals surface area contributed by atoms with Crippen molar-refractivity contribution in [1.29, 1.82) is 0 Å². The van der Waals surface area contributed by atoms with Crippen LogP contribution < -0.4 is 11.1 Å². The van der Waals surface area contributed by atoms with Crippen molar-refractivity contribution < 1.29 is 14.3 Å². The van der Waals surface area contributed by atoms with Gasteiger partial charge in [-0.2, -0.15) is 4.89 Å². The molecule has 4 N–H and O–H groups in total. The van der Waals surface area contributed by atoms with Gasteiger partial charge in [0.2, 0.25) is 12.2 Å². The molecule has 17 heavy (non-hydrogen) atoms. The third-order valence-corrected chi connectivity index (χ3v) is 2.45. The monoisotopic (exact) mass is 277 g/mol. The molecule has 94 valence electrons. The number of halogens is 1. The molecule has 1 amide bonds. The standard InChI is InChI=1S/C10H13N2O3P.ClH/c11-9(10(13)12-7-16(14)15)6-8-4-2-1-3-5-8;/h1-5,9H,6-7,11H2,(H-,12,13,14,15);1H/p+1/t9-;/m0./s1. The van der Waals surface area contributed by atoms with Gasteiger partial charge in [0.1, 0.15) is 0 Å². The van der Waals surface area contributed by atoms with Crippen molar-refractivity contribution in [3.05, 3.63) is 35.9 Å². The number of hydrogen-bond acceptors (Lipinski definition) is 3. The van der Waals surface area contributed by atoms with E-state index in [0.717, 1.165) is 5.56 Å². The van der Waals surface area contributed by atoms with Crippen molar-refractivity contribution >= 4 is 26.3 Å². The highest BCUT2D eigenvalue weighted by Gasteiger charge is 2.18. The maximum absolute atomic E-state index is 11.4. The molecule has 0 saturated heterocycles. The van der Waals surface area contributed by atoms with E-state index in [2.05, 4.69) is 5.32 Å². The third kappa shape index (κ3) is 6.34. The van der Waals surface area contributed by atoms with Crippen LogP contribution in [0.4, 0.5) is 0 Å². The van der Waals surface area contributed by atoms with E-state index < -0.39 is 20.0 Å². The number of rotatable bonds is 5. The summed E-state index contributed by atoms with van der Waals surface area (Å²) in [5, 5.41) is 2.30. The van der Waals surface area contributed by atoms with E-state index in [1.54, 1.807) is 0 Å². The Balaban J connectivity index is 0.00000256. The number of hydrogen-bond donors (Lipinski definition) is 3. The van der Waals surface area contributed by atoms with E-state index >= 15 is 0 Å². The second kappa shape index (κ2) is 8.14. The lowest BCUT2D eigenvalue weighted by Crippen LogP contribution is -2.41. The van der Waals surface area contributed by atoms with E-state index in [4.69, 9.17) is 10.6 Å². The van der Waals surface area contributed by atoms with Gasteiger partial charge in [0.15, 0.2) is 0 Å². The van der Waals surface area contributed by atoms with Crippen LogP contribution in [0.2, 0.25) is 0 Å². The van der Waals surface area contributed by atoms with E-state index in [0.29, 0.717) is 6.42 Å². The molecule has 0 aliphatic heterocycles. The second-order valence-electron chi connectivity index (χ2n) is 3.35. The fraction of sp³-hybridized carbons (Fsp3) is 0.300. The Kier molecular flexibility index (Phi) is 7.66. The van der Waals surface area contributed by atoms with Crippen LogP contribution in [0.3, 0.4) is 0 Å². The van der Waals surface area contributed by atoms with Gasteiger partial charge < -0.3 is 11.1 Å². The van der Waals surface area contributed by atoms with Crippen LogP contribution in [0.15, 0.2) is 30.3 Å². The summed E-state index contributed by atoms with van der Waals surface area (Å²) in [7, 11) is -2.35. The highest BCUT2D eigenvalue weighted by atomic mass is 35.5. The Morgan fingerprint density at radius 3 is 2.53 bits per heavy atom. The van der Waals surface area contributed by atoms with Gasteiger partial charge in [0.25, 0.3) is 0 Å². The summed E-state index contributed by atoms with van der Waals surface area (Å²) >= 11 is 0. The smallest absolute Gasteiger partial charge is 0.320 e. The number of nitrogens with two attached hydrogens (primary N) is 1. The molecule has 1 aromatic carbocycles. The minimum absolute atomic E-state index is 0. The van der Waals surface area contributed by atoms with E-state index in [1.165, 1.54) is 0 Å². The van der Waals surface area contributed by atoms with Gasteiger partial charge in [0, 0.05) is 0 Å². The Hall–Kier alpha value is -1.00. The van der Waals surface area contributed by atoms with E-state index in [9.17, 15) is 9.36 Å². The van der Waals surface area contributed by atoms with Crippen LogP contribution in [0.25, 0.3) is 0 Å². The lowest BCUT2D eigenvalue weighted by Gasteiger charge is -2.09. The molecule has 0 aliphatic rings. The van der Waals surface area contributed by atoms with Gasteiger partial charge in [-0.25, -0.2) is 0 Å². The molecule has 0 radical (unpaired) electrons. The minimum atomic E-state index is -2.35. The van der Waals surface area contributed by atoms with Crippen LogP contribution in [0, 0.1) is 0 Å². The number of carbonyl (C=O) groups excluding carboxylic acids is 1. The van der Waals surface area contributed by atoms with Crippen molar-refractivity contribution in [1.82, 2.24) is 5.32 Å². The maximum atomic E-state index is 11.4. The van der Waals surface area contributed by atoms with Gasteiger partial charge >= 0.3 is 8.03 Å². The second-order valence-corrected chi connectivity index (χ2v) is 4.37. The van der Waals surface area contributed by atoms with Crippen LogP contribution in [-0.2, 0) is 15.8 Å². The lowest BCUT2D eigenvalue weighted by molar-refractivity contribution is -0.122. The normalized spacial score (nSPS) is 12.2. The fourth-order valence-electron chi connectivity index (χ4n) is 1.24. The van der Waals surface area contributed by atoms with Crippen LogP contribution >= 0.6 is 20.4 Å². The SMILES string of the molecule is Cl.N[C@@H](Cc1ccccc1)C(=O)NC[P+](=O)O. The quantitative estimate of drug-likeness (QED) is 0.694. The molecule has 0 spiro atoms. The summed E-state index contributed by atoms with van der Waals surface area (Å²) in [5.41, 5.74) is 6.60. The molecular weight excluding hydrogens is 263 g/mol. The zero-order valence-corrected chi connectivity index (χ0v) is 10.8. The molecule has 1 rings (SSSR count). The first kappa shape index (κ1) is 16.0. The number of amides is 1. The molecule has 0 aliphatic carbocycles. The topological polar surface area (TPSA) is 92.4 Å². The number of nitrogens with one attached hydrogen (secondary N) is 1. The highest BCUT2D eigenvalue weighted by Crippen LogP contribution is 2.08. The van der Waals surface area contributed by atoms with Gasteiger partial charge in [-0.15, -0.1) is 12.4 Å². The molecular formula is C10H15ClN2O3P+. The molecule has 0 heterocycles. The number of benzene rings is 1. The van der Waals surface area contributed by atoms with Gasteiger partial charge in [0.05, 0.1) is 6.04 Å². The maximum Gasteiger partial charge on any atom is 0.527 e. The molecule has 0 aromatic heterocycles. The lowest BCUT2D eigenvalue weighted by atomic mass is 10.1. The van der Waals surface area contributed by atoms with Crippen molar-refractivity contribution in [2.45, 2.75) is 12.5 Å². The Morgan fingerprint density at radius 1 is 1.41 bits per heavy atom. The molecule has 7 heteroatoms. The van der Waals surface area contributed by atoms with Crippen LogP contribution in [0.1, 0.15) is 5.56 Å². The molecule has 5 nitrogen and oxygen atoms in total. The molecule has 0 bridgehead atoms. The largest absolute Gasteiger partial charge is 0.527 e. The summed E-state index contributed by atoms with van der Waals surface area (Å²) in [4.78, 5) is 19.9. The summed E-state index contributed by atoms with van der Waals surface area (Å²) in [5.74, 6) is -0.416. The van der Waals surface area contributed by atoms with Crippen molar-refractivity contribution in [2.24, 2.45) is 5.73 Å². The summed E-state index contributed by atoms with van der Waals surface area (Å²) < 4.78 is 10.4. The average molecular weight is 278 g/mol. The van der Waals surface area contributed by atoms with Gasteiger partial charge in [-0.3, -0.25) is 4.79 Å². The Morgan fingerprint density at radius 2 is 2.00 bits per heavy atom. The fourth-order valence-corrected chi connectivity index (χ4v) is 1.53. The van der Waals surface area contributed by atoms with E-state index in [-0.39, 0.29) is 18.7 Å². The molecule has 0 saturated carbocycles. The molecule has 2 atom stereocenters. The minimum Gasteiger partial charge on any atom is -0.320 e. The van der Waals surface area contributed by atoms with Crippen LogP contribution in [-0.4, -0.2) is 23.1 Å². The Labute approximate surface area is 107 Å². The zero-order valence-electron chi connectivity index (χ0n) is 9.07. The summed E-state index contributed by atoms with van der Waals surface area (Å²) in [6, 6.07) is 8.66. The summed E-state index contributed by atoms with van der Waals surface area (Å²) in [6.07, 6.45) is 0.158. The van der Waals surface area contributed by atoms with Crippen molar-refractivity contribution in [2.75, 3.05) is 6.29 Å².